The quantitative estimate of drug-likeness (QED) is 0.718. The van der Waals surface area contributed by atoms with Crippen LogP contribution < -0.4 is 4.74 Å². The number of ether oxygens (including phenoxy) is 4. The van der Waals surface area contributed by atoms with Crippen LogP contribution in [0.3, 0.4) is 0 Å². The molecule has 0 amide bonds. The molecule has 1 fully saturated rings. The van der Waals surface area contributed by atoms with Gasteiger partial charge in [-0.25, -0.2) is 4.98 Å². The van der Waals surface area contributed by atoms with Crippen molar-refractivity contribution < 1.29 is 18.9 Å². The monoisotopic (exact) mass is 331 g/mol. The SMILES string of the molecule is COC(COC1CC(Oc2ccc(Br)cn2)C1)OC. The third-order valence-corrected chi connectivity index (χ3v) is 3.50. The Balaban J connectivity index is 1.65. The topological polar surface area (TPSA) is 49.8 Å². The number of methoxy groups -OCH3 is 2. The lowest BCUT2D eigenvalue weighted by Crippen LogP contribution is -2.41. The lowest BCUT2D eigenvalue weighted by molar-refractivity contribution is -0.168. The van der Waals surface area contributed by atoms with Crippen LogP contribution in [-0.2, 0) is 14.2 Å². The summed E-state index contributed by atoms with van der Waals surface area (Å²) in [5.41, 5.74) is 0. The second kappa shape index (κ2) is 7.19. The number of hydrogen-bond donors (Lipinski definition) is 0. The molecule has 0 radical (unpaired) electrons. The van der Waals surface area contributed by atoms with Crippen LogP contribution in [0.25, 0.3) is 0 Å². The molecule has 0 bridgehead atoms. The van der Waals surface area contributed by atoms with E-state index in [1.54, 1.807) is 20.4 Å². The molecular formula is C13H18BrNO4. The summed E-state index contributed by atoms with van der Waals surface area (Å²) in [6, 6.07) is 3.76. The third kappa shape index (κ3) is 4.42. The summed E-state index contributed by atoms with van der Waals surface area (Å²) in [5, 5.41) is 0. The summed E-state index contributed by atoms with van der Waals surface area (Å²) in [6.07, 6.45) is 3.57. The van der Waals surface area contributed by atoms with E-state index < -0.39 is 0 Å². The van der Waals surface area contributed by atoms with Crippen molar-refractivity contribution in [2.24, 2.45) is 0 Å². The highest BCUT2D eigenvalue weighted by Crippen LogP contribution is 2.28. The summed E-state index contributed by atoms with van der Waals surface area (Å²) >= 11 is 3.34. The van der Waals surface area contributed by atoms with Gasteiger partial charge in [-0.2, -0.15) is 0 Å². The fourth-order valence-electron chi connectivity index (χ4n) is 1.80. The number of halogens is 1. The average Bonchev–Trinajstić information content (AvgIpc) is 2.38. The lowest BCUT2D eigenvalue weighted by Gasteiger charge is -2.35. The van der Waals surface area contributed by atoms with Crippen LogP contribution in [0.15, 0.2) is 22.8 Å². The molecule has 0 aromatic carbocycles. The van der Waals surface area contributed by atoms with Gasteiger partial charge in [0.1, 0.15) is 6.10 Å². The zero-order valence-corrected chi connectivity index (χ0v) is 12.6. The minimum absolute atomic E-state index is 0.183. The molecule has 0 unspecified atom stereocenters. The van der Waals surface area contributed by atoms with Crippen LogP contribution in [0, 0.1) is 0 Å². The first-order valence-electron chi connectivity index (χ1n) is 6.16. The minimum atomic E-state index is -0.298. The normalized spacial score (nSPS) is 22.3. The molecule has 0 N–H and O–H groups in total. The fourth-order valence-corrected chi connectivity index (χ4v) is 2.03. The fraction of sp³-hybridized carbons (Fsp3) is 0.615. The summed E-state index contributed by atoms with van der Waals surface area (Å²) in [6.45, 7) is 0.445. The van der Waals surface area contributed by atoms with Crippen LogP contribution in [0.2, 0.25) is 0 Å². The van der Waals surface area contributed by atoms with Crippen LogP contribution >= 0.6 is 15.9 Å². The number of rotatable bonds is 7. The van der Waals surface area contributed by atoms with E-state index in [0.717, 1.165) is 17.3 Å². The Morgan fingerprint density at radius 1 is 1.26 bits per heavy atom. The van der Waals surface area contributed by atoms with Gasteiger partial charge in [-0.05, 0) is 22.0 Å². The number of pyridine rings is 1. The zero-order chi connectivity index (χ0) is 13.7. The molecule has 2 rings (SSSR count). The molecule has 19 heavy (non-hydrogen) atoms. The van der Waals surface area contributed by atoms with Gasteiger partial charge < -0.3 is 18.9 Å². The molecule has 1 aromatic rings. The van der Waals surface area contributed by atoms with Crippen molar-refractivity contribution in [3.8, 4) is 5.88 Å². The van der Waals surface area contributed by atoms with Crippen LogP contribution in [0.4, 0.5) is 0 Å². The number of aromatic nitrogens is 1. The molecule has 6 heteroatoms. The highest BCUT2D eigenvalue weighted by atomic mass is 79.9. The molecule has 1 aliphatic rings. The summed E-state index contributed by atoms with van der Waals surface area (Å²) in [5.74, 6) is 0.651. The van der Waals surface area contributed by atoms with E-state index in [-0.39, 0.29) is 18.5 Å². The van der Waals surface area contributed by atoms with Crippen molar-refractivity contribution in [3.63, 3.8) is 0 Å². The molecule has 1 aromatic heterocycles. The van der Waals surface area contributed by atoms with Gasteiger partial charge in [0, 0.05) is 43.8 Å². The van der Waals surface area contributed by atoms with Crippen molar-refractivity contribution >= 4 is 15.9 Å². The van der Waals surface area contributed by atoms with E-state index in [1.807, 2.05) is 12.1 Å². The second-order valence-electron chi connectivity index (χ2n) is 4.38. The first-order chi connectivity index (χ1) is 9.21. The zero-order valence-electron chi connectivity index (χ0n) is 11.0. The maximum absolute atomic E-state index is 5.72. The van der Waals surface area contributed by atoms with Crippen LogP contribution in [-0.4, -0.2) is 44.3 Å². The molecule has 0 spiro atoms. The van der Waals surface area contributed by atoms with Crippen molar-refractivity contribution in [2.45, 2.75) is 31.3 Å². The van der Waals surface area contributed by atoms with Gasteiger partial charge in [-0.3, -0.25) is 0 Å². The Hall–Kier alpha value is -0.690. The van der Waals surface area contributed by atoms with Gasteiger partial charge in [-0.1, -0.05) is 0 Å². The maximum Gasteiger partial charge on any atom is 0.213 e. The van der Waals surface area contributed by atoms with E-state index in [4.69, 9.17) is 18.9 Å². The van der Waals surface area contributed by atoms with E-state index in [0.29, 0.717) is 12.5 Å². The van der Waals surface area contributed by atoms with Gasteiger partial charge in [0.05, 0.1) is 12.7 Å². The Morgan fingerprint density at radius 2 is 2.00 bits per heavy atom. The molecule has 106 valence electrons. The van der Waals surface area contributed by atoms with Gasteiger partial charge in [0.25, 0.3) is 0 Å². The Morgan fingerprint density at radius 3 is 2.58 bits per heavy atom. The highest BCUT2D eigenvalue weighted by Gasteiger charge is 2.32. The standard InChI is InChI=1S/C13H18BrNO4/c1-16-13(17-2)8-18-10-5-11(6-10)19-12-4-3-9(14)7-15-12/h3-4,7,10-11,13H,5-6,8H2,1-2H3. The summed E-state index contributed by atoms with van der Waals surface area (Å²) < 4.78 is 22.4. The second-order valence-corrected chi connectivity index (χ2v) is 5.30. The van der Waals surface area contributed by atoms with Crippen molar-refractivity contribution in [3.05, 3.63) is 22.8 Å². The molecule has 1 saturated carbocycles. The van der Waals surface area contributed by atoms with Crippen molar-refractivity contribution in [2.75, 3.05) is 20.8 Å². The maximum atomic E-state index is 5.72. The predicted molar refractivity (Wildman–Crippen MR) is 73.1 cm³/mol. The van der Waals surface area contributed by atoms with E-state index in [9.17, 15) is 0 Å². The van der Waals surface area contributed by atoms with Crippen molar-refractivity contribution in [1.29, 1.82) is 0 Å². The van der Waals surface area contributed by atoms with Crippen LogP contribution in [0.1, 0.15) is 12.8 Å². The summed E-state index contributed by atoms with van der Waals surface area (Å²) in [4.78, 5) is 4.18. The van der Waals surface area contributed by atoms with E-state index in [1.165, 1.54) is 0 Å². The van der Waals surface area contributed by atoms with Gasteiger partial charge in [-0.15, -0.1) is 0 Å². The largest absolute Gasteiger partial charge is 0.474 e. The molecule has 5 nitrogen and oxygen atoms in total. The number of hydrogen-bond acceptors (Lipinski definition) is 5. The highest BCUT2D eigenvalue weighted by molar-refractivity contribution is 9.10. The molecule has 1 heterocycles. The smallest absolute Gasteiger partial charge is 0.213 e. The van der Waals surface area contributed by atoms with Crippen LogP contribution in [0.5, 0.6) is 5.88 Å². The van der Waals surface area contributed by atoms with Gasteiger partial charge in [0.2, 0.25) is 5.88 Å². The van der Waals surface area contributed by atoms with Gasteiger partial charge >= 0.3 is 0 Å². The number of nitrogens with zero attached hydrogens (tertiary/aromatic N) is 1. The first-order valence-corrected chi connectivity index (χ1v) is 6.96. The first kappa shape index (κ1) is 14.7. The molecular weight excluding hydrogens is 314 g/mol. The van der Waals surface area contributed by atoms with E-state index >= 15 is 0 Å². The minimum Gasteiger partial charge on any atom is -0.474 e. The van der Waals surface area contributed by atoms with Gasteiger partial charge in [0.15, 0.2) is 6.29 Å². The molecule has 1 aliphatic carbocycles. The van der Waals surface area contributed by atoms with E-state index in [2.05, 4.69) is 20.9 Å². The average molecular weight is 332 g/mol. The Labute approximate surface area is 121 Å². The van der Waals surface area contributed by atoms with Crippen molar-refractivity contribution in [1.82, 2.24) is 4.98 Å². The molecule has 0 saturated heterocycles. The third-order valence-electron chi connectivity index (χ3n) is 3.03. The Bertz CT molecular complexity index is 377. The predicted octanol–water partition coefficient (Wildman–Crippen LogP) is 2.39. The molecule has 0 atom stereocenters. The lowest BCUT2D eigenvalue weighted by atomic mass is 9.92. The molecule has 0 aliphatic heterocycles. The Kier molecular flexibility index (Phi) is 5.57. The summed E-state index contributed by atoms with van der Waals surface area (Å²) in [7, 11) is 3.20.